The van der Waals surface area contributed by atoms with Crippen molar-refractivity contribution in [1.82, 2.24) is 15.0 Å². The van der Waals surface area contributed by atoms with Gasteiger partial charge in [-0.1, -0.05) is 6.07 Å². The molecular weight excluding hydrogens is 305 g/mol. The third-order valence-electron chi connectivity index (χ3n) is 1.89. The Morgan fingerprint density at radius 2 is 2.20 bits per heavy atom. The van der Waals surface area contributed by atoms with Gasteiger partial charge >= 0.3 is 0 Å². The Bertz CT molecular complexity index is 550. The van der Waals surface area contributed by atoms with Gasteiger partial charge in [0.15, 0.2) is 5.82 Å². The first-order valence-electron chi connectivity index (χ1n) is 4.35. The highest BCUT2D eigenvalue weighted by atomic mass is 127. The molecule has 0 radical (unpaired) electrons. The number of nitrogens with zero attached hydrogens (tertiary/aromatic N) is 2. The van der Waals surface area contributed by atoms with Crippen LogP contribution in [0.1, 0.15) is 5.69 Å². The Morgan fingerprint density at radius 1 is 1.40 bits per heavy atom. The van der Waals surface area contributed by atoms with E-state index >= 15 is 0 Å². The summed E-state index contributed by atoms with van der Waals surface area (Å²) >= 11 is 1.94. The second kappa shape index (κ2) is 4.09. The summed E-state index contributed by atoms with van der Waals surface area (Å²) in [5.41, 5.74) is 1.45. The van der Waals surface area contributed by atoms with Gasteiger partial charge in [-0.3, -0.25) is 4.79 Å². The molecular formula is C10H8IN3O. The second-order valence-electron chi connectivity index (χ2n) is 3.07. The molecule has 1 N–H and O–H groups in total. The van der Waals surface area contributed by atoms with Crippen LogP contribution in [-0.4, -0.2) is 15.0 Å². The van der Waals surface area contributed by atoms with E-state index in [1.807, 2.05) is 47.7 Å². The van der Waals surface area contributed by atoms with Crippen molar-refractivity contribution >= 4 is 22.6 Å². The van der Waals surface area contributed by atoms with Crippen molar-refractivity contribution in [2.45, 2.75) is 6.92 Å². The van der Waals surface area contributed by atoms with Gasteiger partial charge in [-0.15, -0.1) is 0 Å². The maximum atomic E-state index is 11.4. The lowest BCUT2D eigenvalue weighted by Gasteiger charge is -2.00. The highest BCUT2D eigenvalue weighted by Crippen LogP contribution is 2.10. The number of aromatic nitrogens is 3. The number of nitrogens with one attached hydrogen (secondary N) is 1. The minimum atomic E-state index is -0.135. The Labute approximate surface area is 99.9 Å². The lowest BCUT2D eigenvalue weighted by atomic mass is 10.3. The summed E-state index contributed by atoms with van der Waals surface area (Å²) in [6.07, 6.45) is 1.54. The number of aryl methyl sites for hydroxylation is 1. The van der Waals surface area contributed by atoms with Crippen molar-refractivity contribution in [3.63, 3.8) is 0 Å². The summed E-state index contributed by atoms with van der Waals surface area (Å²) in [6.45, 7) is 1.90. The van der Waals surface area contributed by atoms with E-state index in [9.17, 15) is 4.79 Å². The van der Waals surface area contributed by atoms with Crippen molar-refractivity contribution in [2.24, 2.45) is 0 Å². The monoisotopic (exact) mass is 313 g/mol. The van der Waals surface area contributed by atoms with E-state index in [-0.39, 0.29) is 5.56 Å². The Hall–Kier alpha value is -1.24. The fourth-order valence-electron chi connectivity index (χ4n) is 1.18. The first-order valence-corrected chi connectivity index (χ1v) is 5.43. The normalized spacial score (nSPS) is 10.3. The molecule has 0 aliphatic rings. The Morgan fingerprint density at radius 3 is 2.87 bits per heavy atom. The van der Waals surface area contributed by atoms with Crippen LogP contribution in [0.15, 0.2) is 29.2 Å². The van der Waals surface area contributed by atoms with Crippen LogP contribution in [0.5, 0.6) is 0 Å². The van der Waals surface area contributed by atoms with Gasteiger partial charge in [-0.2, -0.15) is 0 Å². The topological polar surface area (TPSA) is 58.6 Å². The van der Waals surface area contributed by atoms with Gasteiger partial charge in [0.1, 0.15) is 5.69 Å². The molecule has 2 aromatic heterocycles. The summed E-state index contributed by atoms with van der Waals surface area (Å²) in [4.78, 5) is 22.5. The van der Waals surface area contributed by atoms with Crippen LogP contribution in [0.3, 0.4) is 0 Å². The van der Waals surface area contributed by atoms with Crippen molar-refractivity contribution in [3.05, 3.63) is 44.0 Å². The third-order valence-corrected chi connectivity index (χ3v) is 2.66. The van der Waals surface area contributed by atoms with Gasteiger partial charge in [0.25, 0.3) is 5.56 Å². The number of pyridine rings is 1. The highest BCUT2D eigenvalue weighted by molar-refractivity contribution is 14.1. The van der Waals surface area contributed by atoms with Crippen molar-refractivity contribution in [3.8, 4) is 11.5 Å². The van der Waals surface area contributed by atoms with Crippen LogP contribution >= 0.6 is 22.6 Å². The van der Waals surface area contributed by atoms with Crippen LogP contribution in [0.25, 0.3) is 11.5 Å². The molecule has 0 unspecified atom stereocenters. The minimum Gasteiger partial charge on any atom is -0.304 e. The molecule has 0 saturated heterocycles. The summed E-state index contributed by atoms with van der Waals surface area (Å²) in [5.74, 6) is 0.504. The maximum Gasteiger partial charge on any atom is 0.264 e. The molecule has 15 heavy (non-hydrogen) atoms. The Balaban J connectivity index is 2.55. The zero-order valence-corrected chi connectivity index (χ0v) is 10.1. The SMILES string of the molecule is Cc1cccc(-c2ncc(I)c(=O)[nH]2)n1. The van der Waals surface area contributed by atoms with Crippen LogP contribution in [0.2, 0.25) is 0 Å². The van der Waals surface area contributed by atoms with Gasteiger partial charge in [0, 0.05) is 11.9 Å². The number of halogens is 1. The summed E-state index contributed by atoms with van der Waals surface area (Å²) in [6, 6.07) is 5.60. The lowest BCUT2D eigenvalue weighted by Crippen LogP contribution is -2.11. The molecule has 2 aromatic rings. The zero-order chi connectivity index (χ0) is 10.8. The summed E-state index contributed by atoms with van der Waals surface area (Å²) in [5, 5.41) is 0. The number of hydrogen-bond acceptors (Lipinski definition) is 3. The molecule has 0 atom stereocenters. The molecule has 4 nitrogen and oxygen atoms in total. The standard InChI is InChI=1S/C10H8IN3O/c1-6-3-2-4-8(13-6)9-12-5-7(11)10(15)14-9/h2-5H,1H3,(H,12,14,15). The number of rotatable bonds is 1. The lowest BCUT2D eigenvalue weighted by molar-refractivity contribution is 1.07. The quantitative estimate of drug-likeness (QED) is 0.816. The van der Waals surface area contributed by atoms with E-state index in [0.717, 1.165) is 5.69 Å². The van der Waals surface area contributed by atoms with Gasteiger partial charge in [0.05, 0.1) is 3.57 Å². The summed E-state index contributed by atoms with van der Waals surface area (Å²) in [7, 11) is 0. The van der Waals surface area contributed by atoms with Gasteiger partial charge in [0.2, 0.25) is 0 Å². The number of hydrogen-bond donors (Lipinski definition) is 1. The van der Waals surface area contributed by atoms with E-state index in [4.69, 9.17) is 0 Å². The van der Waals surface area contributed by atoms with Crippen molar-refractivity contribution in [1.29, 1.82) is 0 Å². The predicted molar refractivity (Wildman–Crippen MR) is 65.5 cm³/mol. The second-order valence-corrected chi connectivity index (χ2v) is 4.24. The molecule has 0 amide bonds. The fraction of sp³-hybridized carbons (Fsp3) is 0.100. The van der Waals surface area contributed by atoms with Gasteiger partial charge in [-0.05, 0) is 41.6 Å². The van der Waals surface area contributed by atoms with Crippen LogP contribution in [0.4, 0.5) is 0 Å². The number of H-pyrrole nitrogens is 1. The van der Waals surface area contributed by atoms with Gasteiger partial charge < -0.3 is 4.98 Å². The maximum absolute atomic E-state index is 11.4. The van der Waals surface area contributed by atoms with E-state index in [1.165, 1.54) is 0 Å². The minimum absolute atomic E-state index is 0.135. The molecule has 0 bridgehead atoms. The van der Waals surface area contributed by atoms with Crippen molar-refractivity contribution < 1.29 is 0 Å². The average molecular weight is 313 g/mol. The van der Waals surface area contributed by atoms with E-state index in [2.05, 4.69) is 15.0 Å². The van der Waals surface area contributed by atoms with Crippen molar-refractivity contribution in [2.75, 3.05) is 0 Å². The Kier molecular flexibility index (Phi) is 2.81. The first-order chi connectivity index (χ1) is 7.16. The molecule has 0 saturated carbocycles. The molecule has 0 aromatic carbocycles. The van der Waals surface area contributed by atoms with Crippen LogP contribution < -0.4 is 5.56 Å². The average Bonchev–Trinajstić information content (AvgIpc) is 2.22. The smallest absolute Gasteiger partial charge is 0.264 e. The van der Waals surface area contributed by atoms with E-state index in [0.29, 0.717) is 15.1 Å². The predicted octanol–water partition coefficient (Wildman–Crippen LogP) is 1.74. The third kappa shape index (κ3) is 2.23. The molecule has 2 heterocycles. The molecule has 0 aliphatic heterocycles. The molecule has 5 heteroatoms. The van der Waals surface area contributed by atoms with E-state index < -0.39 is 0 Å². The van der Waals surface area contributed by atoms with E-state index in [1.54, 1.807) is 6.20 Å². The zero-order valence-electron chi connectivity index (χ0n) is 7.99. The highest BCUT2D eigenvalue weighted by Gasteiger charge is 2.03. The number of aromatic amines is 1. The first kappa shape index (κ1) is 10.3. The molecule has 76 valence electrons. The van der Waals surface area contributed by atoms with Gasteiger partial charge in [-0.25, -0.2) is 9.97 Å². The molecule has 0 fully saturated rings. The largest absolute Gasteiger partial charge is 0.304 e. The van der Waals surface area contributed by atoms with Crippen LogP contribution in [0, 0.1) is 10.5 Å². The molecule has 0 spiro atoms. The fourth-order valence-corrected chi connectivity index (χ4v) is 1.46. The molecule has 2 rings (SSSR count). The van der Waals surface area contributed by atoms with Crippen LogP contribution in [-0.2, 0) is 0 Å². The summed E-state index contributed by atoms with van der Waals surface area (Å²) < 4.78 is 0.573. The molecule has 0 aliphatic carbocycles.